The Morgan fingerprint density at radius 2 is 2.13 bits per heavy atom. The molecule has 0 spiro atoms. The summed E-state index contributed by atoms with van der Waals surface area (Å²) in [6.07, 6.45) is 3.32. The molecule has 1 aromatic carbocycles. The Bertz CT molecular complexity index is 791. The molecular weight excluding hydrogens is 321 g/mol. The molecule has 1 aromatic heterocycles. The van der Waals surface area contributed by atoms with E-state index < -0.39 is 15.8 Å². The first-order valence-corrected chi connectivity index (χ1v) is 8.69. The van der Waals surface area contributed by atoms with Crippen LogP contribution in [0.4, 0.5) is 4.39 Å². The van der Waals surface area contributed by atoms with Gasteiger partial charge in [-0.15, -0.1) is 0 Å². The van der Waals surface area contributed by atoms with Gasteiger partial charge in [-0.05, 0) is 12.1 Å². The molecule has 23 heavy (non-hydrogen) atoms. The molecule has 0 fully saturated rings. The third-order valence-corrected chi connectivity index (χ3v) is 5.76. The average Bonchev–Trinajstić information content (AvgIpc) is 2.86. The SMILES string of the molecule is COCC1CN(S(=O)(=O)c2ccccc2F)Cc2cncn2C1. The van der Waals surface area contributed by atoms with Crippen LogP contribution in [0.2, 0.25) is 0 Å². The van der Waals surface area contributed by atoms with Gasteiger partial charge in [0.25, 0.3) is 0 Å². The van der Waals surface area contributed by atoms with Crippen molar-refractivity contribution >= 4 is 10.0 Å². The first-order chi connectivity index (χ1) is 11.0. The second-order valence-corrected chi connectivity index (χ2v) is 7.49. The summed E-state index contributed by atoms with van der Waals surface area (Å²) in [5.74, 6) is -0.773. The zero-order chi connectivity index (χ0) is 16.4. The van der Waals surface area contributed by atoms with E-state index in [0.29, 0.717) is 13.2 Å². The molecule has 0 saturated heterocycles. The lowest BCUT2D eigenvalue weighted by Crippen LogP contribution is -2.35. The van der Waals surface area contributed by atoms with Crippen LogP contribution < -0.4 is 0 Å². The number of hydrogen-bond donors (Lipinski definition) is 0. The van der Waals surface area contributed by atoms with Gasteiger partial charge in [-0.25, -0.2) is 17.8 Å². The Morgan fingerprint density at radius 3 is 2.87 bits per heavy atom. The van der Waals surface area contributed by atoms with Gasteiger partial charge in [0.2, 0.25) is 10.0 Å². The van der Waals surface area contributed by atoms with Crippen LogP contribution in [0.25, 0.3) is 0 Å². The summed E-state index contributed by atoms with van der Waals surface area (Å²) in [5, 5.41) is 0. The van der Waals surface area contributed by atoms with E-state index in [1.54, 1.807) is 19.6 Å². The zero-order valence-corrected chi connectivity index (χ0v) is 13.5. The van der Waals surface area contributed by atoms with Crippen molar-refractivity contribution in [3.63, 3.8) is 0 Å². The van der Waals surface area contributed by atoms with Crippen LogP contribution in [0.15, 0.2) is 41.7 Å². The number of methoxy groups -OCH3 is 1. The molecule has 0 N–H and O–H groups in total. The first-order valence-electron chi connectivity index (χ1n) is 7.25. The molecule has 0 amide bonds. The largest absolute Gasteiger partial charge is 0.384 e. The molecular formula is C15H18FN3O3S. The van der Waals surface area contributed by atoms with Gasteiger partial charge in [-0.2, -0.15) is 4.31 Å². The molecule has 1 unspecified atom stereocenters. The molecule has 1 aliphatic heterocycles. The smallest absolute Gasteiger partial charge is 0.246 e. The minimum atomic E-state index is -3.93. The van der Waals surface area contributed by atoms with E-state index in [-0.39, 0.29) is 23.9 Å². The Morgan fingerprint density at radius 1 is 1.35 bits per heavy atom. The number of sulfonamides is 1. The summed E-state index contributed by atoms with van der Waals surface area (Å²) in [6, 6.07) is 5.43. The third kappa shape index (κ3) is 3.15. The highest BCUT2D eigenvalue weighted by atomic mass is 32.2. The second-order valence-electron chi connectivity index (χ2n) is 5.59. The molecule has 0 radical (unpaired) electrons. The zero-order valence-electron chi connectivity index (χ0n) is 12.7. The predicted octanol–water partition coefficient (Wildman–Crippen LogP) is 1.49. The van der Waals surface area contributed by atoms with Crippen LogP contribution in [0, 0.1) is 11.7 Å². The van der Waals surface area contributed by atoms with E-state index in [4.69, 9.17) is 4.74 Å². The molecule has 1 atom stereocenters. The van der Waals surface area contributed by atoms with E-state index in [0.717, 1.165) is 11.8 Å². The van der Waals surface area contributed by atoms with Crippen molar-refractivity contribution in [1.29, 1.82) is 0 Å². The number of nitrogens with zero attached hydrogens (tertiary/aromatic N) is 3. The number of hydrogen-bond acceptors (Lipinski definition) is 4. The van der Waals surface area contributed by atoms with Crippen molar-refractivity contribution in [2.75, 3.05) is 20.3 Å². The van der Waals surface area contributed by atoms with Crippen LogP contribution >= 0.6 is 0 Å². The van der Waals surface area contributed by atoms with Crippen molar-refractivity contribution in [2.24, 2.45) is 5.92 Å². The quantitative estimate of drug-likeness (QED) is 0.847. The van der Waals surface area contributed by atoms with E-state index in [2.05, 4.69) is 4.98 Å². The van der Waals surface area contributed by atoms with Crippen molar-refractivity contribution in [3.8, 4) is 0 Å². The Kier molecular flexibility index (Phi) is 4.47. The van der Waals surface area contributed by atoms with Crippen molar-refractivity contribution in [3.05, 3.63) is 48.3 Å². The lowest BCUT2D eigenvalue weighted by atomic mass is 10.1. The van der Waals surface area contributed by atoms with Gasteiger partial charge in [0.15, 0.2) is 0 Å². The Hall–Kier alpha value is -1.77. The fourth-order valence-corrected chi connectivity index (χ4v) is 4.38. The van der Waals surface area contributed by atoms with Gasteiger partial charge >= 0.3 is 0 Å². The van der Waals surface area contributed by atoms with Gasteiger partial charge < -0.3 is 9.30 Å². The maximum absolute atomic E-state index is 14.0. The highest BCUT2D eigenvalue weighted by Crippen LogP contribution is 2.25. The predicted molar refractivity (Wildman–Crippen MR) is 81.6 cm³/mol. The summed E-state index contributed by atoms with van der Waals surface area (Å²) in [4.78, 5) is 3.77. The molecule has 8 heteroatoms. The molecule has 124 valence electrons. The summed E-state index contributed by atoms with van der Waals surface area (Å²) in [5.41, 5.74) is 0.781. The number of benzene rings is 1. The van der Waals surface area contributed by atoms with Gasteiger partial charge in [0, 0.05) is 32.3 Å². The summed E-state index contributed by atoms with van der Waals surface area (Å²) in [7, 11) is -2.35. The number of rotatable bonds is 4. The topological polar surface area (TPSA) is 64.4 Å². The average molecular weight is 339 g/mol. The Balaban J connectivity index is 1.99. The molecule has 6 nitrogen and oxygen atoms in total. The molecule has 0 aliphatic carbocycles. The van der Waals surface area contributed by atoms with E-state index in [1.807, 2.05) is 4.57 Å². The Labute approximate surface area is 134 Å². The van der Waals surface area contributed by atoms with Gasteiger partial charge in [-0.1, -0.05) is 12.1 Å². The maximum Gasteiger partial charge on any atom is 0.246 e. The van der Waals surface area contributed by atoms with E-state index >= 15 is 0 Å². The number of halogens is 1. The van der Waals surface area contributed by atoms with Crippen molar-refractivity contribution in [1.82, 2.24) is 13.9 Å². The van der Waals surface area contributed by atoms with E-state index in [9.17, 15) is 12.8 Å². The lowest BCUT2D eigenvalue weighted by Gasteiger charge is -2.23. The molecule has 2 aromatic rings. The van der Waals surface area contributed by atoms with Crippen LogP contribution in [0.1, 0.15) is 5.69 Å². The lowest BCUT2D eigenvalue weighted by molar-refractivity contribution is 0.134. The maximum atomic E-state index is 14.0. The first kappa shape index (κ1) is 16.1. The minimum absolute atomic E-state index is 0.0306. The highest BCUT2D eigenvalue weighted by molar-refractivity contribution is 7.89. The number of aromatic nitrogens is 2. The van der Waals surface area contributed by atoms with Crippen LogP contribution in [-0.4, -0.2) is 42.5 Å². The van der Waals surface area contributed by atoms with Gasteiger partial charge in [0.05, 0.1) is 25.2 Å². The normalized spacial score (nSPS) is 19.3. The fraction of sp³-hybridized carbons (Fsp3) is 0.400. The van der Waals surface area contributed by atoms with Crippen LogP contribution in [-0.2, 0) is 27.8 Å². The van der Waals surface area contributed by atoms with Crippen LogP contribution in [0.3, 0.4) is 0 Å². The van der Waals surface area contributed by atoms with Gasteiger partial charge in [0.1, 0.15) is 10.7 Å². The summed E-state index contributed by atoms with van der Waals surface area (Å²) in [6.45, 7) is 1.47. The third-order valence-electron chi connectivity index (χ3n) is 3.91. The number of imidazole rings is 1. The van der Waals surface area contributed by atoms with E-state index in [1.165, 1.54) is 22.5 Å². The summed E-state index contributed by atoms with van der Waals surface area (Å²) >= 11 is 0. The van der Waals surface area contributed by atoms with Crippen LogP contribution in [0.5, 0.6) is 0 Å². The summed E-state index contributed by atoms with van der Waals surface area (Å²) < 4.78 is 48.1. The number of ether oxygens (including phenoxy) is 1. The van der Waals surface area contributed by atoms with Crippen molar-refractivity contribution < 1.29 is 17.5 Å². The molecule has 0 bridgehead atoms. The van der Waals surface area contributed by atoms with Gasteiger partial charge in [-0.3, -0.25) is 0 Å². The number of fused-ring (bicyclic) bond motifs is 1. The molecule has 3 rings (SSSR count). The molecule has 0 saturated carbocycles. The fourth-order valence-electron chi connectivity index (χ4n) is 2.83. The monoisotopic (exact) mass is 339 g/mol. The molecule has 1 aliphatic rings. The highest BCUT2D eigenvalue weighted by Gasteiger charge is 2.32. The standard InChI is InChI=1S/C15H18FN3O3S/c1-22-10-12-7-18-11-17-6-13(18)9-19(8-12)23(20,21)15-5-3-2-4-14(15)16/h2-6,11-12H,7-10H2,1H3. The minimum Gasteiger partial charge on any atom is -0.384 e. The van der Waals surface area contributed by atoms with Crippen molar-refractivity contribution in [2.45, 2.75) is 18.0 Å². The second kappa shape index (κ2) is 6.38. The molecule has 2 heterocycles.